The SMILES string of the molecule is COc1ccc(C(=O)CCCC(=O)NCCc2ncc3ccccn23)cc1. The first kappa shape index (κ1) is 18.6. The van der Waals surface area contributed by atoms with Gasteiger partial charge in [0.1, 0.15) is 11.6 Å². The number of hydrogen-bond acceptors (Lipinski definition) is 4. The van der Waals surface area contributed by atoms with Crippen molar-refractivity contribution >= 4 is 17.2 Å². The second-order valence-electron chi connectivity index (χ2n) is 6.28. The number of imidazole rings is 1. The number of benzene rings is 1. The van der Waals surface area contributed by atoms with Gasteiger partial charge in [0, 0.05) is 37.6 Å². The molecule has 3 rings (SSSR count). The van der Waals surface area contributed by atoms with E-state index in [0.29, 0.717) is 37.8 Å². The Morgan fingerprint density at radius 3 is 2.70 bits per heavy atom. The molecule has 2 aromatic heterocycles. The number of Topliss-reactive ketones (excluding diaryl/α,β-unsaturated/α-hetero) is 1. The molecule has 6 nitrogen and oxygen atoms in total. The van der Waals surface area contributed by atoms with E-state index in [9.17, 15) is 9.59 Å². The number of rotatable bonds is 9. The summed E-state index contributed by atoms with van der Waals surface area (Å²) in [7, 11) is 1.59. The van der Waals surface area contributed by atoms with Crippen LogP contribution in [-0.4, -0.2) is 34.7 Å². The van der Waals surface area contributed by atoms with E-state index in [1.165, 1.54) is 0 Å². The van der Waals surface area contributed by atoms with Gasteiger partial charge in [0.2, 0.25) is 5.91 Å². The molecule has 0 saturated carbocycles. The summed E-state index contributed by atoms with van der Waals surface area (Å²) >= 11 is 0. The van der Waals surface area contributed by atoms with Crippen LogP contribution >= 0.6 is 0 Å². The third-order valence-corrected chi connectivity index (χ3v) is 4.41. The number of methoxy groups -OCH3 is 1. The normalized spacial score (nSPS) is 10.7. The summed E-state index contributed by atoms with van der Waals surface area (Å²) in [5.74, 6) is 1.63. The van der Waals surface area contributed by atoms with E-state index in [4.69, 9.17) is 4.74 Å². The second-order valence-corrected chi connectivity index (χ2v) is 6.28. The Hall–Kier alpha value is -3.15. The van der Waals surface area contributed by atoms with E-state index >= 15 is 0 Å². The molecule has 0 aliphatic carbocycles. The molecule has 0 aliphatic heterocycles. The van der Waals surface area contributed by atoms with Gasteiger partial charge in [-0.25, -0.2) is 4.98 Å². The Bertz CT molecular complexity index is 916. The van der Waals surface area contributed by atoms with E-state index in [1.807, 2.05) is 35.0 Å². The molecule has 1 amide bonds. The number of nitrogens with zero attached hydrogens (tertiary/aromatic N) is 2. The van der Waals surface area contributed by atoms with Crippen LogP contribution < -0.4 is 10.1 Å². The minimum absolute atomic E-state index is 0.0364. The van der Waals surface area contributed by atoms with Crippen LogP contribution in [0.3, 0.4) is 0 Å². The van der Waals surface area contributed by atoms with Crippen LogP contribution in [0.15, 0.2) is 54.9 Å². The molecule has 0 fully saturated rings. The fraction of sp³-hybridized carbons (Fsp3) is 0.286. The number of amides is 1. The maximum Gasteiger partial charge on any atom is 0.220 e. The number of fused-ring (bicyclic) bond motifs is 1. The summed E-state index contributed by atoms with van der Waals surface area (Å²) in [6, 6.07) is 12.9. The Balaban J connectivity index is 1.37. The number of ether oxygens (including phenoxy) is 1. The molecule has 0 aliphatic rings. The lowest BCUT2D eigenvalue weighted by molar-refractivity contribution is -0.121. The number of pyridine rings is 1. The molecular formula is C21H23N3O3. The fourth-order valence-corrected chi connectivity index (χ4v) is 2.92. The van der Waals surface area contributed by atoms with Gasteiger partial charge in [-0.1, -0.05) is 6.07 Å². The largest absolute Gasteiger partial charge is 0.497 e. The van der Waals surface area contributed by atoms with Gasteiger partial charge in [-0.15, -0.1) is 0 Å². The Kier molecular flexibility index (Phi) is 6.20. The lowest BCUT2D eigenvalue weighted by Gasteiger charge is -2.06. The third-order valence-electron chi connectivity index (χ3n) is 4.41. The molecule has 6 heteroatoms. The third kappa shape index (κ3) is 4.94. The molecule has 0 radical (unpaired) electrons. The molecule has 0 unspecified atom stereocenters. The number of aromatic nitrogens is 2. The average Bonchev–Trinajstić information content (AvgIpc) is 3.11. The van der Waals surface area contributed by atoms with Crippen molar-refractivity contribution in [3.8, 4) is 5.75 Å². The van der Waals surface area contributed by atoms with Crippen LogP contribution in [0.5, 0.6) is 5.75 Å². The van der Waals surface area contributed by atoms with Crippen LogP contribution in [-0.2, 0) is 11.2 Å². The maximum atomic E-state index is 12.1. The molecule has 27 heavy (non-hydrogen) atoms. The van der Waals surface area contributed by atoms with Gasteiger partial charge < -0.3 is 14.5 Å². The smallest absolute Gasteiger partial charge is 0.220 e. The second kappa shape index (κ2) is 8.98. The monoisotopic (exact) mass is 365 g/mol. The first-order valence-electron chi connectivity index (χ1n) is 9.02. The van der Waals surface area contributed by atoms with Gasteiger partial charge in [-0.2, -0.15) is 0 Å². The zero-order valence-corrected chi connectivity index (χ0v) is 15.4. The van der Waals surface area contributed by atoms with E-state index in [1.54, 1.807) is 31.4 Å². The van der Waals surface area contributed by atoms with Crippen molar-refractivity contribution in [2.75, 3.05) is 13.7 Å². The lowest BCUT2D eigenvalue weighted by atomic mass is 10.1. The van der Waals surface area contributed by atoms with Gasteiger partial charge in [0.05, 0.1) is 18.8 Å². The van der Waals surface area contributed by atoms with Gasteiger partial charge in [0.25, 0.3) is 0 Å². The number of nitrogens with one attached hydrogen (secondary N) is 1. The molecule has 2 heterocycles. The van der Waals surface area contributed by atoms with Crippen LogP contribution in [0.25, 0.3) is 5.52 Å². The predicted octanol–water partition coefficient (Wildman–Crippen LogP) is 3.05. The van der Waals surface area contributed by atoms with Crippen LogP contribution in [0.4, 0.5) is 0 Å². The van der Waals surface area contributed by atoms with Crippen LogP contribution in [0.2, 0.25) is 0 Å². The van der Waals surface area contributed by atoms with Crippen molar-refractivity contribution in [1.29, 1.82) is 0 Å². The Morgan fingerprint density at radius 2 is 1.93 bits per heavy atom. The highest BCUT2D eigenvalue weighted by Gasteiger charge is 2.09. The van der Waals surface area contributed by atoms with Crippen LogP contribution in [0, 0.1) is 0 Å². The standard InChI is InChI=1S/C21H23N3O3/c1-27-18-10-8-16(9-11-18)19(25)6-4-7-21(26)22-13-12-20-23-15-17-5-2-3-14-24(17)20/h2-3,5,8-11,14-15H,4,6-7,12-13H2,1H3,(H,22,26). The maximum absolute atomic E-state index is 12.1. The van der Waals surface area contributed by atoms with Gasteiger partial charge >= 0.3 is 0 Å². The van der Waals surface area contributed by atoms with Crippen molar-refractivity contribution in [3.63, 3.8) is 0 Å². The number of carbonyl (C=O) groups is 2. The predicted molar refractivity (Wildman–Crippen MR) is 103 cm³/mol. The molecule has 1 aromatic carbocycles. The number of carbonyl (C=O) groups excluding carboxylic acids is 2. The summed E-state index contributed by atoms with van der Waals surface area (Å²) in [6.45, 7) is 0.527. The van der Waals surface area contributed by atoms with Gasteiger partial charge in [-0.3, -0.25) is 9.59 Å². The van der Waals surface area contributed by atoms with Gasteiger partial charge in [0.15, 0.2) is 5.78 Å². The highest BCUT2D eigenvalue weighted by molar-refractivity contribution is 5.96. The van der Waals surface area contributed by atoms with Crippen molar-refractivity contribution < 1.29 is 14.3 Å². The molecule has 140 valence electrons. The molecule has 0 spiro atoms. The zero-order valence-electron chi connectivity index (χ0n) is 15.4. The summed E-state index contributed by atoms with van der Waals surface area (Å²) < 4.78 is 7.09. The number of ketones is 1. The van der Waals surface area contributed by atoms with Gasteiger partial charge in [-0.05, 0) is 42.8 Å². The van der Waals surface area contributed by atoms with Crippen molar-refractivity contribution in [2.24, 2.45) is 0 Å². The highest BCUT2D eigenvalue weighted by atomic mass is 16.5. The fourth-order valence-electron chi connectivity index (χ4n) is 2.92. The Labute approximate surface area is 158 Å². The first-order valence-corrected chi connectivity index (χ1v) is 9.02. The molecular weight excluding hydrogens is 342 g/mol. The van der Waals surface area contributed by atoms with Crippen LogP contribution in [0.1, 0.15) is 35.4 Å². The molecule has 3 aromatic rings. The van der Waals surface area contributed by atoms with Crippen molar-refractivity contribution in [3.05, 3.63) is 66.2 Å². The summed E-state index contributed by atoms with van der Waals surface area (Å²) in [4.78, 5) is 28.5. The summed E-state index contributed by atoms with van der Waals surface area (Å²) in [5.41, 5.74) is 1.68. The van der Waals surface area contributed by atoms with Crippen molar-refractivity contribution in [1.82, 2.24) is 14.7 Å². The molecule has 0 bridgehead atoms. The Morgan fingerprint density at radius 1 is 1.11 bits per heavy atom. The van der Waals surface area contributed by atoms with Crippen molar-refractivity contribution in [2.45, 2.75) is 25.7 Å². The highest BCUT2D eigenvalue weighted by Crippen LogP contribution is 2.14. The minimum atomic E-state index is -0.0432. The molecule has 0 atom stereocenters. The summed E-state index contributed by atoms with van der Waals surface area (Å²) in [5, 5.41) is 2.89. The number of hydrogen-bond donors (Lipinski definition) is 1. The quantitative estimate of drug-likeness (QED) is 0.592. The van der Waals surface area contributed by atoms with E-state index < -0.39 is 0 Å². The molecule has 1 N–H and O–H groups in total. The average molecular weight is 365 g/mol. The first-order chi connectivity index (χ1) is 13.2. The lowest BCUT2D eigenvalue weighted by Crippen LogP contribution is -2.26. The minimum Gasteiger partial charge on any atom is -0.497 e. The zero-order chi connectivity index (χ0) is 19.1. The van der Waals surface area contributed by atoms with E-state index in [0.717, 1.165) is 17.1 Å². The topological polar surface area (TPSA) is 72.7 Å². The van der Waals surface area contributed by atoms with E-state index in [2.05, 4.69) is 10.3 Å². The molecule has 0 saturated heterocycles. The summed E-state index contributed by atoms with van der Waals surface area (Å²) in [6.07, 6.45) is 5.67. The van der Waals surface area contributed by atoms with E-state index in [-0.39, 0.29) is 11.7 Å².